The summed E-state index contributed by atoms with van der Waals surface area (Å²) in [5.74, 6) is 0.387. The van der Waals surface area contributed by atoms with Gasteiger partial charge >= 0.3 is 0 Å². The van der Waals surface area contributed by atoms with E-state index in [4.69, 9.17) is 0 Å². The lowest BCUT2D eigenvalue weighted by molar-refractivity contribution is -0.384. The van der Waals surface area contributed by atoms with E-state index in [0.29, 0.717) is 5.92 Å². The molecule has 0 heterocycles. The predicted octanol–water partition coefficient (Wildman–Crippen LogP) is 3.74. The molecule has 0 radical (unpaired) electrons. The molecule has 1 unspecified atom stereocenters. The van der Waals surface area contributed by atoms with Crippen molar-refractivity contribution in [1.29, 1.82) is 0 Å². The first-order valence-electron chi connectivity index (χ1n) is 5.06. The summed E-state index contributed by atoms with van der Waals surface area (Å²) in [6.45, 7) is 8.64. The second kappa shape index (κ2) is 4.01. The lowest BCUT2D eigenvalue weighted by atomic mass is 9.78. The second-order valence-corrected chi connectivity index (χ2v) is 4.94. The van der Waals surface area contributed by atoms with Crippen LogP contribution in [-0.2, 0) is 0 Å². The van der Waals surface area contributed by atoms with Gasteiger partial charge in [0.05, 0.1) is 4.92 Å². The molecule has 0 aromatic heterocycles. The van der Waals surface area contributed by atoms with Gasteiger partial charge in [-0.05, 0) is 16.9 Å². The summed E-state index contributed by atoms with van der Waals surface area (Å²) < 4.78 is 0. The Kier molecular flexibility index (Phi) is 3.12. The molecule has 0 aliphatic rings. The van der Waals surface area contributed by atoms with Crippen LogP contribution in [0.3, 0.4) is 0 Å². The molecule has 1 aromatic rings. The van der Waals surface area contributed by atoms with Crippen molar-refractivity contribution >= 4 is 5.69 Å². The first kappa shape index (κ1) is 11.7. The Hall–Kier alpha value is -1.38. The largest absolute Gasteiger partial charge is 0.269 e. The fourth-order valence-electron chi connectivity index (χ4n) is 1.38. The van der Waals surface area contributed by atoms with Gasteiger partial charge in [-0.2, -0.15) is 0 Å². The number of rotatable bonds is 2. The molecule has 0 bridgehead atoms. The zero-order chi connectivity index (χ0) is 11.6. The van der Waals surface area contributed by atoms with Crippen molar-refractivity contribution in [3.05, 3.63) is 39.9 Å². The highest BCUT2D eigenvalue weighted by Gasteiger charge is 2.21. The number of nitrogens with zero attached hydrogens (tertiary/aromatic N) is 1. The summed E-state index contributed by atoms with van der Waals surface area (Å²) in [5, 5.41) is 10.5. The molecule has 1 aromatic carbocycles. The molecule has 15 heavy (non-hydrogen) atoms. The Morgan fingerprint density at radius 1 is 1.20 bits per heavy atom. The minimum atomic E-state index is -0.370. The summed E-state index contributed by atoms with van der Waals surface area (Å²) >= 11 is 0. The number of benzene rings is 1. The number of nitro groups is 1. The Labute approximate surface area is 90.3 Å². The average Bonchev–Trinajstić information content (AvgIpc) is 2.15. The molecule has 0 saturated carbocycles. The van der Waals surface area contributed by atoms with E-state index in [-0.39, 0.29) is 16.0 Å². The molecule has 0 aliphatic carbocycles. The first-order valence-corrected chi connectivity index (χ1v) is 5.06. The highest BCUT2D eigenvalue weighted by atomic mass is 16.6. The molecule has 3 heteroatoms. The summed E-state index contributed by atoms with van der Waals surface area (Å²) in [5.41, 5.74) is 1.48. The molecular weight excluding hydrogens is 190 g/mol. The third-order valence-corrected chi connectivity index (χ3v) is 2.90. The maximum atomic E-state index is 10.5. The number of nitro benzene ring substituents is 1. The van der Waals surface area contributed by atoms with Crippen LogP contribution in [-0.4, -0.2) is 4.92 Å². The van der Waals surface area contributed by atoms with Crippen LogP contribution in [0, 0.1) is 15.5 Å². The third kappa shape index (κ3) is 2.78. The molecule has 1 rings (SSSR count). The van der Waals surface area contributed by atoms with Crippen molar-refractivity contribution in [1.82, 2.24) is 0 Å². The molecule has 0 fully saturated rings. The van der Waals surface area contributed by atoms with Gasteiger partial charge < -0.3 is 0 Å². The summed E-state index contributed by atoms with van der Waals surface area (Å²) in [6, 6.07) is 6.82. The van der Waals surface area contributed by atoms with Crippen LogP contribution in [0.25, 0.3) is 0 Å². The van der Waals surface area contributed by atoms with Gasteiger partial charge in [-0.3, -0.25) is 10.1 Å². The minimum Gasteiger partial charge on any atom is -0.258 e. The van der Waals surface area contributed by atoms with Crippen molar-refractivity contribution in [2.24, 2.45) is 5.41 Å². The Morgan fingerprint density at radius 2 is 1.67 bits per heavy atom. The zero-order valence-electron chi connectivity index (χ0n) is 9.65. The maximum Gasteiger partial charge on any atom is 0.269 e. The van der Waals surface area contributed by atoms with Crippen molar-refractivity contribution < 1.29 is 4.92 Å². The molecule has 0 aliphatic heterocycles. The molecular formula is C12H17NO2. The quantitative estimate of drug-likeness (QED) is 0.547. The average molecular weight is 207 g/mol. The lowest BCUT2D eigenvalue weighted by Gasteiger charge is -2.27. The predicted molar refractivity (Wildman–Crippen MR) is 61.0 cm³/mol. The Morgan fingerprint density at radius 3 is 2.00 bits per heavy atom. The highest BCUT2D eigenvalue weighted by Crippen LogP contribution is 2.34. The third-order valence-electron chi connectivity index (χ3n) is 2.90. The SMILES string of the molecule is CC(c1ccc([N+](=O)[O-])cc1)C(C)(C)C. The monoisotopic (exact) mass is 207 g/mol. The molecule has 0 saturated heterocycles. The second-order valence-electron chi connectivity index (χ2n) is 4.94. The van der Waals surface area contributed by atoms with E-state index in [0.717, 1.165) is 5.56 Å². The van der Waals surface area contributed by atoms with Gasteiger partial charge in [0.25, 0.3) is 5.69 Å². The summed E-state index contributed by atoms with van der Waals surface area (Å²) in [7, 11) is 0. The molecule has 0 spiro atoms. The van der Waals surface area contributed by atoms with E-state index in [9.17, 15) is 10.1 Å². The van der Waals surface area contributed by atoms with Crippen molar-refractivity contribution in [3.63, 3.8) is 0 Å². The van der Waals surface area contributed by atoms with Gasteiger partial charge in [0.1, 0.15) is 0 Å². The molecule has 3 nitrogen and oxygen atoms in total. The molecule has 0 amide bonds. The van der Waals surface area contributed by atoms with Crippen molar-refractivity contribution in [2.45, 2.75) is 33.6 Å². The van der Waals surface area contributed by atoms with Crippen LogP contribution in [0.5, 0.6) is 0 Å². The number of hydrogen-bond donors (Lipinski definition) is 0. The number of non-ortho nitro benzene ring substituents is 1. The van der Waals surface area contributed by atoms with E-state index in [1.54, 1.807) is 12.1 Å². The summed E-state index contributed by atoms with van der Waals surface area (Å²) in [6.07, 6.45) is 0. The van der Waals surface area contributed by atoms with Gasteiger partial charge in [-0.15, -0.1) is 0 Å². The highest BCUT2D eigenvalue weighted by molar-refractivity contribution is 5.34. The molecule has 0 N–H and O–H groups in total. The lowest BCUT2D eigenvalue weighted by Crippen LogP contribution is -2.15. The van der Waals surface area contributed by atoms with Crippen LogP contribution >= 0.6 is 0 Å². The zero-order valence-corrected chi connectivity index (χ0v) is 9.65. The topological polar surface area (TPSA) is 43.1 Å². The van der Waals surface area contributed by atoms with Crippen LogP contribution in [0.1, 0.15) is 39.2 Å². The van der Waals surface area contributed by atoms with Crippen LogP contribution in [0.4, 0.5) is 5.69 Å². The number of hydrogen-bond acceptors (Lipinski definition) is 2. The van der Waals surface area contributed by atoms with Crippen LogP contribution in [0.2, 0.25) is 0 Å². The van der Waals surface area contributed by atoms with E-state index in [1.807, 2.05) is 12.1 Å². The Balaban J connectivity index is 2.94. The van der Waals surface area contributed by atoms with Gasteiger partial charge in [-0.1, -0.05) is 39.8 Å². The van der Waals surface area contributed by atoms with Gasteiger partial charge in [-0.25, -0.2) is 0 Å². The van der Waals surface area contributed by atoms with E-state index in [2.05, 4.69) is 27.7 Å². The minimum absolute atomic E-state index is 0.153. The molecule has 82 valence electrons. The van der Waals surface area contributed by atoms with Crippen molar-refractivity contribution in [2.75, 3.05) is 0 Å². The smallest absolute Gasteiger partial charge is 0.258 e. The Bertz CT molecular complexity index is 349. The first-order chi connectivity index (χ1) is 6.82. The molecule has 1 atom stereocenters. The van der Waals surface area contributed by atoms with Gasteiger partial charge in [0, 0.05) is 12.1 Å². The van der Waals surface area contributed by atoms with E-state index in [1.165, 1.54) is 0 Å². The van der Waals surface area contributed by atoms with E-state index >= 15 is 0 Å². The van der Waals surface area contributed by atoms with Gasteiger partial charge in [0.15, 0.2) is 0 Å². The van der Waals surface area contributed by atoms with Gasteiger partial charge in [0.2, 0.25) is 0 Å². The fraction of sp³-hybridized carbons (Fsp3) is 0.500. The standard InChI is InChI=1S/C12H17NO2/c1-9(12(2,3)4)10-5-7-11(8-6-10)13(14)15/h5-9H,1-4H3. The maximum absolute atomic E-state index is 10.5. The van der Waals surface area contributed by atoms with Crippen LogP contribution < -0.4 is 0 Å². The van der Waals surface area contributed by atoms with E-state index < -0.39 is 0 Å². The normalized spacial score (nSPS) is 13.6. The fourth-order valence-corrected chi connectivity index (χ4v) is 1.38. The van der Waals surface area contributed by atoms with Crippen LogP contribution in [0.15, 0.2) is 24.3 Å². The summed E-state index contributed by atoms with van der Waals surface area (Å²) in [4.78, 5) is 10.1. The van der Waals surface area contributed by atoms with Crippen molar-refractivity contribution in [3.8, 4) is 0 Å².